The molecule has 0 fully saturated rings. The SMILES string of the molecule is I.[CH2]CC[C@H](N=C([O-])C(F)(F)F)C(=O)OCc1ccccc1.[Zn]. The minimum absolute atomic E-state index is 0. The molecule has 0 aliphatic rings. The molecule has 0 unspecified atom stereocenters. The maximum absolute atomic E-state index is 12.2. The van der Waals surface area contributed by atoms with Crippen LogP contribution in [0.1, 0.15) is 18.4 Å². The maximum atomic E-state index is 12.2. The fourth-order valence-electron chi connectivity index (χ4n) is 1.47. The van der Waals surface area contributed by atoms with Gasteiger partial charge in [-0.3, -0.25) is 4.99 Å². The average Bonchev–Trinajstić information content (AvgIpc) is 2.44. The third-order valence-electron chi connectivity index (χ3n) is 2.49. The number of ether oxygens (including phenoxy) is 1. The van der Waals surface area contributed by atoms with Gasteiger partial charge in [-0.1, -0.05) is 43.7 Å². The third-order valence-corrected chi connectivity index (χ3v) is 2.49. The summed E-state index contributed by atoms with van der Waals surface area (Å²) in [6, 6.07) is 7.14. The van der Waals surface area contributed by atoms with Gasteiger partial charge in [0.25, 0.3) is 0 Å². The second-order valence-electron chi connectivity index (χ2n) is 4.18. The number of aliphatic imine (C=N–C) groups is 1. The van der Waals surface area contributed by atoms with Gasteiger partial charge >= 0.3 is 12.1 Å². The molecule has 0 saturated heterocycles. The van der Waals surface area contributed by atoms with Gasteiger partial charge < -0.3 is 9.84 Å². The molecule has 1 radical (unpaired) electrons. The molecule has 0 bridgehead atoms. The van der Waals surface area contributed by atoms with Gasteiger partial charge in [-0.15, -0.1) is 24.0 Å². The molecule has 0 N–H and O–H groups in total. The molecule has 125 valence electrons. The van der Waals surface area contributed by atoms with Crippen molar-refractivity contribution in [1.82, 2.24) is 0 Å². The van der Waals surface area contributed by atoms with E-state index in [1.807, 2.05) is 0 Å². The molecule has 0 amide bonds. The van der Waals surface area contributed by atoms with Crippen molar-refractivity contribution >= 4 is 35.8 Å². The molecular weight excluding hydrogens is 479 g/mol. The van der Waals surface area contributed by atoms with Crippen LogP contribution in [-0.2, 0) is 35.6 Å². The zero-order valence-corrected chi connectivity index (χ0v) is 17.5. The summed E-state index contributed by atoms with van der Waals surface area (Å²) in [6.45, 7) is 3.34. The molecule has 0 aliphatic heterocycles. The van der Waals surface area contributed by atoms with Crippen LogP contribution in [0.5, 0.6) is 0 Å². The van der Waals surface area contributed by atoms with E-state index in [4.69, 9.17) is 4.74 Å². The van der Waals surface area contributed by atoms with Crippen LogP contribution in [0, 0.1) is 6.92 Å². The normalized spacial score (nSPS) is 12.6. The number of alkyl halides is 3. The Kier molecular flexibility index (Phi) is 12.6. The fourth-order valence-corrected chi connectivity index (χ4v) is 1.47. The van der Waals surface area contributed by atoms with Crippen LogP contribution in [0.15, 0.2) is 35.3 Å². The van der Waals surface area contributed by atoms with Crippen LogP contribution in [0.3, 0.4) is 0 Å². The van der Waals surface area contributed by atoms with Crippen molar-refractivity contribution in [3.8, 4) is 0 Å². The van der Waals surface area contributed by atoms with Crippen molar-refractivity contribution in [2.24, 2.45) is 4.99 Å². The Morgan fingerprint density at radius 3 is 2.35 bits per heavy atom. The van der Waals surface area contributed by atoms with E-state index in [-0.39, 0.29) is 62.9 Å². The standard InChI is InChI=1S/C14H15F3NO3.HI.Zn/c1-2-6-11(18-13(20)14(15,16)17)12(19)21-9-10-7-4-3-5-8-10;;/h3-5,7-8,11H,1-2,6,9H2,(H,18,20);1H;/p-1/t11-;;/m0../s1. The first kappa shape index (κ1) is 24.6. The predicted molar refractivity (Wildman–Crippen MR) is 83.5 cm³/mol. The maximum Gasteiger partial charge on any atom is 0.419 e. The van der Waals surface area contributed by atoms with Gasteiger partial charge in [0.2, 0.25) is 0 Å². The molecular formula is C14H15F3INO3Zn-. The third kappa shape index (κ3) is 9.24. The summed E-state index contributed by atoms with van der Waals surface area (Å²) in [5.41, 5.74) is 0.682. The topological polar surface area (TPSA) is 61.7 Å². The zero-order valence-electron chi connectivity index (χ0n) is 12.2. The Labute approximate surface area is 162 Å². The van der Waals surface area contributed by atoms with Crippen molar-refractivity contribution < 1.29 is 47.3 Å². The zero-order chi connectivity index (χ0) is 15.9. The minimum atomic E-state index is -5.10. The molecule has 0 aromatic heterocycles. The predicted octanol–water partition coefficient (Wildman–Crippen LogP) is 2.65. The average molecular weight is 495 g/mol. The van der Waals surface area contributed by atoms with Gasteiger partial charge in [0, 0.05) is 19.5 Å². The molecule has 9 heteroatoms. The number of hydrogen-bond acceptors (Lipinski definition) is 4. The summed E-state index contributed by atoms with van der Waals surface area (Å²) in [5.74, 6) is -3.27. The Morgan fingerprint density at radius 2 is 1.87 bits per heavy atom. The first-order valence-electron chi connectivity index (χ1n) is 6.16. The van der Waals surface area contributed by atoms with Crippen LogP contribution in [0.25, 0.3) is 0 Å². The van der Waals surface area contributed by atoms with E-state index in [0.29, 0.717) is 5.56 Å². The van der Waals surface area contributed by atoms with Crippen molar-refractivity contribution in [2.45, 2.75) is 31.7 Å². The smallest absolute Gasteiger partial charge is 0.419 e. The van der Waals surface area contributed by atoms with Gasteiger partial charge in [0.1, 0.15) is 12.6 Å². The van der Waals surface area contributed by atoms with Gasteiger partial charge in [-0.25, -0.2) is 4.79 Å². The van der Waals surface area contributed by atoms with E-state index in [0.717, 1.165) is 0 Å². The van der Waals surface area contributed by atoms with E-state index in [9.17, 15) is 23.1 Å². The quantitative estimate of drug-likeness (QED) is 0.201. The summed E-state index contributed by atoms with van der Waals surface area (Å²) in [7, 11) is 0. The summed E-state index contributed by atoms with van der Waals surface area (Å²) in [4.78, 5) is 14.6. The van der Waals surface area contributed by atoms with Crippen LogP contribution in [0.4, 0.5) is 13.2 Å². The van der Waals surface area contributed by atoms with Crippen LogP contribution in [-0.4, -0.2) is 24.1 Å². The number of halogens is 4. The molecule has 23 heavy (non-hydrogen) atoms. The van der Waals surface area contributed by atoms with E-state index >= 15 is 0 Å². The molecule has 1 atom stereocenters. The number of hydrogen-bond donors (Lipinski definition) is 0. The van der Waals surface area contributed by atoms with Gasteiger partial charge in [-0.2, -0.15) is 13.2 Å². The molecule has 1 rings (SSSR count). The number of carbonyl (C=O) groups is 1. The van der Waals surface area contributed by atoms with Gasteiger partial charge in [0.15, 0.2) is 0 Å². The largest absolute Gasteiger partial charge is 0.856 e. The summed E-state index contributed by atoms with van der Waals surface area (Å²) in [5, 5.41) is 10.8. The minimum Gasteiger partial charge on any atom is -0.856 e. The van der Waals surface area contributed by atoms with Crippen LogP contribution >= 0.6 is 24.0 Å². The molecule has 1 aromatic carbocycles. The first-order valence-corrected chi connectivity index (χ1v) is 6.16. The number of benzene rings is 1. The van der Waals surface area contributed by atoms with E-state index in [1.54, 1.807) is 30.3 Å². The molecule has 0 aliphatic carbocycles. The Morgan fingerprint density at radius 1 is 1.30 bits per heavy atom. The Hall–Kier alpha value is -0.697. The van der Waals surface area contributed by atoms with Crippen LogP contribution in [0.2, 0.25) is 0 Å². The second-order valence-corrected chi connectivity index (χ2v) is 4.18. The van der Waals surface area contributed by atoms with Gasteiger partial charge in [0.05, 0.1) is 5.90 Å². The van der Waals surface area contributed by atoms with Crippen LogP contribution < -0.4 is 5.11 Å². The number of carbonyl (C=O) groups excluding carboxylic acids is 1. The Balaban J connectivity index is 0. The van der Waals surface area contributed by atoms with Crippen molar-refractivity contribution in [3.05, 3.63) is 42.8 Å². The Bertz CT molecular complexity index is 498. The fraction of sp³-hybridized carbons (Fsp3) is 0.357. The van der Waals surface area contributed by atoms with E-state index in [1.165, 1.54) is 0 Å². The molecule has 0 heterocycles. The molecule has 0 saturated carbocycles. The number of rotatable bonds is 6. The van der Waals surface area contributed by atoms with Gasteiger partial charge in [-0.05, 0) is 12.0 Å². The second kappa shape index (κ2) is 11.8. The first-order chi connectivity index (χ1) is 9.84. The number of nitrogens with zero attached hydrogens (tertiary/aromatic N) is 1. The van der Waals surface area contributed by atoms with E-state index < -0.39 is 24.1 Å². The van der Waals surface area contributed by atoms with Crippen molar-refractivity contribution in [2.75, 3.05) is 0 Å². The summed E-state index contributed by atoms with van der Waals surface area (Å²) >= 11 is 0. The molecule has 4 nitrogen and oxygen atoms in total. The monoisotopic (exact) mass is 493 g/mol. The number of esters is 1. The summed E-state index contributed by atoms with van der Waals surface area (Å²) in [6.07, 6.45) is -5.03. The van der Waals surface area contributed by atoms with Crippen molar-refractivity contribution in [1.29, 1.82) is 0 Å². The molecule has 0 spiro atoms. The molecule has 1 aromatic rings. The van der Waals surface area contributed by atoms with Crippen molar-refractivity contribution in [3.63, 3.8) is 0 Å². The van der Waals surface area contributed by atoms with E-state index in [2.05, 4.69) is 11.9 Å². The summed E-state index contributed by atoms with van der Waals surface area (Å²) < 4.78 is 41.3.